The first kappa shape index (κ1) is 17.6. The summed E-state index contributed by atoms with van der Waals surface area (Å²) >= 11 is 1.62. The van der Waals surface area contributed by atoms with E-state index in [1.807, 2.05) is 30.5 Å². The molecule has 21 heavy (non-hydrogen) atoms. The van der Waals surface area contributed by atoms with Gasteiger partial charge in [0.1, 0.15) is 5.60 Å². The summed E-state index contributed by atoms with van der Waals surface area (Å²) in [5.74, 6) is -1.48. The van der Waals surface area contributed by atoms with E-state index in [0.29, 0.717) is 0 Å². The van der Waals surface area contributed by atoms with Crippen LogP contribution >= 0.6 is 11.8 Å². The third kappa shape index (κ3) is 5.79. The molecular weight excluding hydrogens is 288 g/mol. The number of hydrogen-bond acceptors (Lipinski definition) is 5. The number of ether oxygens (including phenoxy) is 2. The van der Waals surface area contributed by atoms with Crippen LogP contribution in [0.1, 0.15) is 38.7 Å². The lowest BCUT2D eigenvalue weighted by Gasteiger charge is -2.21. The standard InChI is InChI=1S/C16H22O4S/c1-16(2,3)20-14(17)10-13(15(18)19-4)11-6-8-12(21-5)9-7-11/h6-9,13H,10H2,1-5H3. The van der Waals surface area contributed by atoms with Crippen LogP contribution in [-0.4, -0.2) is 30.9 Å². The molecule has 5 heteroatoms. The first-order valence-electron chi connectivity index (χ1n) is 6.70. The summed E-state index contributed by atoms with van der Waals surface area (Å²) in [6.45, 7) is 5.39. The van der Waals surface area contributed by atoms with E-state index < -0.39 is 23.5 Å². The summed E-state index contributed by atoms with van der Waals surface area (Å²) in [6.07, 6.45) is 1.95. The van der Waals surface area contributed by atoms with Gasteiger partial charge in [0.15, 0.2) is 0 Å². The van der Waals surface area contributed by atoms with Gasteiger partial charge in [0.2, 0.25) is 0 Å². The molecule has 0 aliphatic carbocycles. The highest BCUT2D eigenvalue weighted by Crippen LogP contribution is 2.25. The molecule has 0 fully saturated rings. The summed E-state index contributed by atoms with van der Waals surface area (Å²) in [6, 6.07) is 7.53. The van der Waals surface area contributed by atoms with Crippen molar-refractivity contribution in [2.75, 3.05) is 13.4 Å². The Kier molecular flexibility index (Phi) is 6.27. The Bertz CT molecular complexity index is 488. The maximum Gasteiger partial charge on any atom is 0.313 e. The fraction of sp³-hybridized carbons (Fsp3) is 0.500. The topological polar surface area (TPSA) is 52.6 Å². The normalized spacial score (nSPS) is 12.6. The smallest absolute Gasteiger partial charge is 0.313 e. The number of hydrogen-bond donors (Lipinski definition) is 0. The van der Waals surface area contributed by atoms with Crippen LogP contribution in [0.3, 0.4) is 0 Å². The van der Waals surface area contributed by atoms with Crippen LogP contribution in [0.2, 0.25) is 0 Å². The summed E-state index contributed by atoms with van der Waals surface area (Å²) in [4.78, 5) is 25.0. The minimum absolute atomic E-state index is 0.0252. The number of thioether (sulfide) groups is 1. The van der Waals surface area contributed by atoms with Gasteiger partial charge in [-0.05, 0) is 44.7 Å². The Hall–Kier alpha value is -1.49. The molecule has 0 aromatic heterocycles. The Morgan fingerprint density at radius 2 is 1.76 bits per heavy atom. The summed E-state index contributed by atoms with van der Waals surface area (Å²) in [5, 5.41) is 0. The molecule has 116 valence electrons. The molecule has 0 bridgehead atoms. The van der Waals surface area contributed by atoms with E-state index in [2.05, 4.69) is 0 Å². The number of benzene rings is 1. The van der Waals surface area contributed by atoms with Gasteiger partial charge in [-0.3, -0.25) is 9.59 Å². The van der Waals surface area contributed by atoms with Crippen molar-refractivity contribution in [1.82, 2.24) is 0 Å². The number of esters is 2. The fourth-order valence-corrected chi connectivity index (χ4v) is 2.27. The van der Waals surface area contributed by atoms with Crippen LogP contribution in [0.5, 0.6) is 0 Å². The highest BCUT2D eigenvalue weighted by atomic mass is 32.2. The SMILES string of the molecule is COC(=O)C(CC(=O)OC(C)(C)C)c1ccc(SC)cc1. The summed E-state index contributed by atoms with van der Waals surface area (Å²) in [7, 11) is 1.32. The van der Waals surface area contributed by atoms with E-state index in [4.69, 9.17) is 9.47 Å². The monoisotopic (exact) mass is 310 g/mol. The molecule has 0 amide bonds. The van der Waals surface area contributed by atoms with Crippen molar-refractivity contribution in [2.24, 2.45) is 0 Å². The second-order valence-electron chi connectivity index (χ2n) is 5.64. The van der Waals surface area contributed by atoms with Crippen molar-refractivity contribution in [3.63, 3.8) is 0 Å². The molecule has 0 radical (unpaired) electrons. The minimum Gasteiger partial charge on any atom is -0.469 e. The zero-order valence-corrected chi connectivity index (χ0v) is 14.0. The number of rotatable bonds is 5. The number of carbonyl (C=O) groups excluding carboxylic acids is 2. The molecule has 1 unspecified atom stereocenters. The van der Waals surface area contributed by atoms with Gasteiger partial charge in [-0.25, -0.2) is 0 Å². The van der Waals surface area contributed by atoms with E-state index in [1.54, 1.807) is 32.5 Å². The van der Waals surface area contributed by atoms with Crippen LogP contribution in [0.4, 0.5) is 0 Å². The zero-order chi connectivity index (χ0) is 16.0. The predicted octanol–water partition coefficient (Wildman–Crippen LogP) is 3.40. The number of methoxy groups -OCH3 is 1. The van der Waals surface area contributed by atoms with E-state index >= 15 is 0 Å². The molecule has 0 saturated heterocycles. The lowest BCUT2D eigenvalue weighted by Crippen LogP contribution is -2.27. The van der Waals surface area contributed by atoms with Crippen LogP contribution in [0.15, 0.2) is 29.2 Å². The van der Waals surface area contributed by atoms with E-state index in [-0.39, 0.29) is 6.42 Å². The van der Waals surface area contributed by atoms with Gasteiger partial charge in [-0.15, -0.1) is 11.8 Å². The first-order chi connectivity index (χ1) is 9.76. The average molecular weight is 310 g/mol. The van der Waals surface area contributed by atoms with Crippen LogP contribution in [-0.2, 0) is 19.1 Å². The van der Waals surface area contributed by atoms with Gasteiger partial charge in [0.05, 0.1) is 19.4 Å². The van der Waals surface area contributed by atoms with Crippen LogP contribution in [0.25, 0.3) is 0 Å². The summed E-state index contributed by atoms with van der Waals surface area (Å²) in [5.41, 5.74) is 0.186. The quantitative estimate of drug-likeness (QED) is 0.616. The van der Waals surface area contributed by atoms with Crippen molar-refractivity contribution < 1.29 is 19.1 Å². The summed E-state index contributed by atoms with van der Waals surface area (Å²) < 4.78 is 10.1. The molecular formula is C16H22O4S. The average Bonchev–Trinajstić information content (AvgIpc) is 2.42. The minimum atomic E-state index is -0.638. The van der Waals surface area contributed by atoms with E-state index in [0.717, 1.165) is 10.5 Å². The van der Waals surface area contributed by atoms with Crippen molar-refractivity contribution in [3.05, 3.63) is 29.8 Å². The molecule has 0 aliphatic heterocycles. The Morgan fingerprint density at radius 3 is 2.19 bits per heavy atom. The van der Waals surface area contributed by atoms with Gasteiger partial charge in [0, 0.05) is 4.90 Å². The van der Waals surface area contributed by atoms with Gasteiger partial charge in [-0.1, -0.05) is 12.1 Å². The lowest BCUT2D eigenvalue weighted by atomic mass is 9.96. The molecule has 1 aromatic rings. The van der Waals surface area contributed by atoms with E-state index in [1.165, 1.54) is 7.11 Å². The molecule has 0 aliphatic rings. The number of carbonyl (C=O) groups is 2. The fourth-order valence-electron chi connectivity index (χ4n) is 1.87. The van der Waals surface area contributed by atoms with Gasteiger partial charge < -0.3 is 9.47 Å². The molecule has 0 saturated carbocycles. The molecule has 0 heterocycles. The van der Waals surface area contributed by atoms with E-state index in [9.17, 15) is 9.59 Å². The van der Waals surface area contributed by atoms with Crippen molar-refractivity contribution in [2.45, 2.75) is 43.6 Å². The van der Waals surface area contributed by atoms with Gasteiger partial charge in [-0.2, -0.15) is 0 Å². The highest BCUT2D eigenvalue weighted by molar-refractivity contribution is 7.98. The third-order valence-electron chi connectivity index (χ3n) is 2.79. The molecule has 1 rings (SSSR count). The van der Waals surface area contributed by atoms with Gasteiger partial charge in [0.25, 0.3) is 0 Å². The Balaban J connectivity index is 2.90. The predicted molar refractivity (Wildman–Crippen MR) is 83.4 cm³/mol. The second-order valence-corrected chi connectivity index (χ2v) is 6.52. The van der Waals surface area contributed by atoms with Crippen molar-refractivity contribution >= 4 is 23.7 Å². The third-order valence-corrected chi connectivity index (χ3v) is 3.54. The van der Waals surface area contributed by atoms with Crippen molar-refractivity contribution in [1.29, 1.82) is 0 Å². The van der Waals surface area contributed by atoms with Crippen LogP contribution < -0.4 is 0 Å². The molecule has 0 spiro atoms. The largest absolute Gasteiger partial charge is 0.469 e. The zero-order valence-electron chi connectivity index (χ0n) is 13.1. The lowest BCUT2D eigenvalue weighted by molar-refractivity contribution is -0.158. The Morgan fingerprint density at radius 1 is 1.19 bits per heavy atom. The van der Waals surface area contributed by atoms with Gasteiger partial charge >= 0.3 is 11.9 Å². The first-order valence-corrected chi connectivity index (χ1v) is 7.93. The molecule has 1 atom stereocenters. The maximum atomic E-state index is 12.0. The maximum absolute atomic E-state index is 12.0. The second kappa shape index (κ2) is 7.50. The highest BCUT2D eigenvalue weighted by Gasteiger charge is 2.27. The van der Waals surface area contributed by atoms with Crippen LogP contribution in [0, 0.1) is 0 Å². The molecule has 0 N–H and O–H groups in total. The molecule has 4 nitrogen and oxygen atoms in total. The van der Waals surface area contributed by atoms with Crippen molar-refractivity contribution in [3.8, 4) is 0 Å². The Labute approximate surface area is 130 Å². The molecule has 1 aromatic carbocycles.